The lowest BCUT2D eigenvalue weighted by Gasteiger charge is -2.24. The molecule has 0 amide bonds. The third-order valence-corrected chi connectivity index (χ3v) is 2.25. The van der Waals surface area contributed by atoms with Gasteiger partial charge in [-0.15, -0.1) is 0 Å². The summed E-state index contributed by atoms with van der Waals surface area (Å²) in [5.74, 6) is 0.751. The molecule has 0 radical (unpaired) electrons. The van der Waals surface area contributed by atoms with Crippen molar-refractivity contribution in [3.8, 4) is 0 Å². The zero-order valence-electron chi connectivity index (χ0n) is 7.71. The second-order valence-electron chi connectivity index (χ2n) is 3.50. The monoisotopic (exact) mass is 244 g/mol. The largest absolute Gasteiger partial charge is 0.394 e. The van der Waals surface area contributed by atoms with Crippen LogP contribution in [0.4, 0.5) is 5.82 Å². The summed E-state index contributed by atoms with van der Waals surface area (Å²) in [6.07, 6.45) is 1.71. The molecular formula is C9H13BrN2O. The molecule has 0 aromatic carbocycles. The first-order valence-electron chi connectivity index (χ1n) is 4.05. The van der Waals surface area contributed by atoms with E-state index in [0.29, 0.717) is 0 Å². The average molecular weight is 245 g/mol. The van der Waals surface area contributed by atoms with Crippen LogP contribution in [-0.2, 0) is 0 Å². The fraction of sp³-hybridized carbons (Fsp3) is 0.444. The zero-order chi connectivity index (χ0) is 9.90. The number of nitrogens with one attached hydrogen (secondary N) is 1. The molecule has 0 aliphatic heterocycles. The molecule has 13 heavy (non-hydrogen) atoms. The minimum atomic E-state index is -0.350. The number of aliphatic hydroxyl groups excluding tert-OH is 1. The van der Waals surface area contributed by atoms with Crippen LogP contribution in [0, 0.1) is 0 Å². The standard InChI is InChI=1S/C9H13BrN2O/c1-9(2,6-13)12-8-7(10)4-3-5-11-8/h3-5,13H,6H2,1-2H3,(H,11,12). The Kier molecular flexibility index (Phi) is 3.27. The topological polar surface area (TPSA) is 45.1 Å². The van der Waals surface area contributed by atoms with Crippen LogP contribution in [-0.4, -0.2) is 22.2 Å². The first-order chi connectivity index (χ1) is 6.05. The Hall–Kier alpha value is -0.610. The van der Waals surface area contributed by atoms with Crippen LogP contribution in [0.3, 0.4) is 0 Å². The fourth-order valence-corrected chi connectivity index (χ4v) is 1.19. The number of aromatic nitrogens is 1. The van der Waals surface area contributed by atoms with Crippen LogP contribution in [0.5, 0.6) is 0 Å². The normalized spacial score (nSPS) is 11.4. The van der Waals surface area contributed by atoms with Gasteiger partial charge >= 0.3 is 0 Å². The molecule has 0 saturated carbocycles. The molecule has 1 rings (SSSR count). The Morgan fingerprint density at radius 2 is 2.31 bits per heavy atom. The molecule has 0 saturated heterocycles. The van der Waals surface area contributed by atoms with Crippen molar-refractivity contribution in [2.24, 2.45) is 0 Å². The van der Waals surface area contributed by atoms with Gasteiger partial charge in [0.1, 0.15) is 5.82 Å². The van der Waals surface area contributed by atoms with Crippen molar-refractivity contribution in [1.29, 1.82) is 0 Å². The molecule has 0 spiro atoms. The van der Waals surface area contributed by atoms with Gasteiger partial charge in [0.25, 0.3) is 0 Å². The number of halogens is 1. The van der Waals surface area contributed by atoms with Crippen LogP contribution in [0.25, 0.3) is 0 Å². The Bertz CT molecular complexity index is 289. The minimum absolute atomic E-state index is 0.0655. The Balaban J connectivity index is 2.80. The number of hydrogen-bond donors (Lipinski definition) is 2. The molecule has 1 aromatic heterocycles. The van der Waals surface area contributed by atoms with Crippen molar-refractivity contribution in [3.05, 3.63) is 22.8 Å². The summed E-state index contributed by atoms with van der Waals surface area (Å²) in [7, 11) is 0. The lowest BCUT2D eigenvalue weighted by atomic mass is 10.1. The van der Waals surface area contributed by atoms with E-state index in [1.54, 1.807) is 6.20 Å². The molecule has 0 unspecified atom stereocenters. The molecule has 72 valence electrons. The van der Waals surface area contributed by atoms with Gasteiger partial charge in [0, 0.05) is 6.20 Å². The smallest absolute Gasteiger partial charge is 0.140 e. The molecule has 3 nitrogen and oxygen atoms in total. The van der Waals surface area contributed by atoms with Gasteiger partial charge in [-0.25, -0.2) is 4.98 Å². The predicted molar refractivity (Wildman–Crippen MR) is 56.7 cm³/mol. The van der Waals surface area contributed by atoms with E-state index in [9.17, 15) is 0 Å². The number of aliphatic hydroxyl groups is 1. The highest BCUT2D eigenvalue weighted by molar-refractivity contribution is 9.10. The molecule has 0 fully saturated rings. The van der Waals surface area contributed by atoms with E-state index < -0.39 is 0 Å². The fourth-order valence-electron chi connectivity index (χ4n) is 0.838. The predicted octanol–water partition coefficient (Wildman–Crippen LogP) is 2.03. The molecule has 1 heterocycles. The lowest BCUT2D eigenvalue weighted by molar-refractivity contribution is 0.234. The molecule has 1 aromatic rings. The number of hydrogen-bond acceptors (Lipinski definition) is 3. The van der Waals surface area contributed by atoms with Crippen LogP contribution < -0.4 is 5.32 Å². The zero-order valence-corrected chi connectivity index (χ0v) is 9.30. The van der Waals surface area contributed by atoms with Crippen molar-refractivity contribution in [2.75, 3.05) is 11.9 Å². The number of rotatable bonds is 3. The summed E-state index contributed by atoms with van der Waals surface area (Å²) in [6, 6.07) is 3.75. The maximum atomic E-state index is 9.04. The van der Waals surface area contributed by atoms with Crippen LogP contribution in [0.15, 0.2) is 22.8 Å². The summed E-state index contributed by atoms with van der Waals surface area (Å²) in [5, 5.41) is 12.2. The molecule has 2 N–H and O–H groups in total. The van der Waals surface area contributed by atoms with E-state index in [1.807, 2.05) is 26.0 Å². The Labute approximate surface area is 86.3 Å². The van der Waals surface area contributed by atoms with Gasteiger partial charge in [-0.3, -0.25) is 0 Å². The van der Waals surface area contributed by atoms with Gasteiger partial charge < -0.3 is 10.4 Å². The van der Waals surface area contributed by atoms with Crippen molar-refractivity contribution in [3.63, 3.8) is 0 Å². The highest BCUT2D eigenvalue weighted by Crippen LogP contribution is 2.21. The molecule has 0 atom stereocenters. The van der Waals surface area contributed by atoms with E-state index in [0.717, 1.165) is 10.3 Å². The second kappa shape index (κ2) is 4.07. The minimum Gasteiger partial charge on any atom is -0.394 e. The number of anilines is 1. The molecule has 4 heteroatoms. The number of pyridine rings is 1. The summed E-state index contributed by atoms with van der Waals surface area (Å²) >= 11 is 3.37. The molecule has 0 aliphatic rings. The third kappa shape index (κ3) is 2.97. The summed E-state index contributed by atoms with van der Waals surface area (Å²) in [6.45, 7) is 3.89. The molecule has 0 bridgehead atoms. The highest BCUT2D eigenvalue weighted by atomic mass is 79.9. The maximum absolute atomic E-state index is 9.04. The average Bonchev–Trinajstić information content (AvgIpc) is 2.09. The van der Waals surface area contributed by atoms with E-state index >= 15 is 0 Å². The molecule has 0 aliphatic carbocycles. The van der Waals surface area contributed by atoms with Gasteiger partial charge in [0.15, 0.2) is 0 Å². The van der Waals surface area contributed by atoms with Crippen molar-refractivity contribution in [2.45, 2.75) is 19.4 Å². The van der Waals surface area contributed by atoms with Crippen molar-refractivity contribution >= 4 is 21.7 Å². The Morgan fingerprint density at radius 1 is 1.62 bits per heavy atom. The summed E-state index contributed by atoms with van der Waals surface area (Å²) < 4.78 is 0.900. The first kappa shape index (κ1) is 10.5. The number of nitrogens with zero attached hydrogens (tertiary/aromatic N) is 1. The van der Waals surface area contributed by atoms with Gasteiger partial charge in [-0.2, -0.15) is 0 Å². The first-order valence-corrected chi connectivity index (χ1v) is 4.84. The van der Waals surface area contributed by atoms with Crippen molar-refractivity contribution in [1.82, 2.24) is 4.98 Å². The van der Waals surface area contributed by atoms with Crippen molar-refractivity contribution < 1.29 is 5.11 Å². The van der Waals surface area contributed by atoms with E-state index in [-0.39, 0.29) is 12.1 Å². The molecular weight excluding hydrogens is 232 g/mol. The quantitative estimate of drug-likeness (QED) is 0.856. The van der Waals surface area contributed by atoms with E-state index in [1.165, 1.54) is 0 Å². The maximum Gasteiger partial charge on any atom is 0.140 e. The van der Waals surface area contributed by atoms with Crippen LogP contribution >= 0.6 is 15.9 Å². The lowest BCUT2D eigenvalue weighted by Crippen LogP contribution is -2.35. The van der Waals surface area contributed by atoms with Crippen LogP contribution in [0.2, 0.25) is 0 Å². The second-order valence-corrected chi connectivity index (χ2v) is 4.36. The van der Waals surface area contributed by atoms with E-state index in [2.05, 4.69) is 26.2 Å². The van der Waals surface area contributed by atoms with E-state index in [4.69, 9.17) is 5.11 Å². The van der Waals surface area contributed by atoms with Gasteiger partial charge in [-0.1, -0.05) is 0 Å². The highest BCUT2D eigenvalue weighted by Gasteiger charge is 2.17. The SMILES string of the molecule is CC(C)(CO)Nc1ncccc1Br. The summed E-state index contributed by atoms with van der Waals surface area (Å²) in [4.78, 5) is 4.14. The summed E-state index contributed by atoms with van der Waals surface area (Å²) in [5.41, 5.74) is -0.350. The van der Waals surface area contributed by atoms with Gasteiger partial charge in [0.05, 0.1) is 16.6 Å². The third-order valence-electron chi connectivity index (χ3n) is 1.61. The Morgan fingerprint density at radius 3 is 2.85 bits per heavy atom. The van der Waals surface area contributed by atoms with Crippen LogP contribution in [0.1, 0.15) is 13.8 Å². The van der Waals surface area contributed by atoms with Gasteiger partial charge in [0.2, 0.25) is 0 Å². The van der Waals surface area contributed by atoms with Gasteiger partial charge in [-0.05, 0) is 41.9 Å².